The number of benzene rings is 1. The van der Waals surface area contributed by atoms with E-state index in [9.17, 15) is 19.2 Å². The number of rotatable bonds is 19. The number of hydrogen-bond acceptors (Lipinski definition) is 7. The fourth-order valence-electron chi connectivity index (χ4n) is 6.68. The molecule has 0 spiro atoms. The molecular formula is C36H61N5O6. The fourth-order valence-corrected chi connectivity index (χ4v) is 6.68. The third-order valence-electron chi connectivity index (χ3n) is 9.52. The lowest BCUT2D eigenvalue weighted by Gasteiger charge is -2.40. The molecule has 11 heteroatoms. The quantitative estimate of drug-likeness (QED) is 0.234. The molecule has 1 aromatic carbocycles. The Bertz CT molecular complexity index is 1130. The van der Waals surface area contributed by atoms with Crippen molar-refractivity contribution in [3.8, 4) is 0 Å². The minimum atomic E-state index is -0.710. The number of methoxy groups -OCH3 is 2. The van der Waals surface area contributed by atoms with Crippen LogP contribution < -0.4 is 10.6 Å². The molecule has 47 heavy (non-hydrogen) atoms. The molecule has 1 fully saturated rings. The number of nitrogens with zero attached hydrogens (tertiary/aromatic N) is 3. The molecule has 1 heterocycles. The first kappa shape index (κ1) is 40.2. The van der Waals surface area contributed by atoms with Gasteiger partial charge in [0.05, 0.1) is 43.2 Å². The maximum absolute atomic E-state index is 14.0. The van der Waals surface area contributed by atoms with E-state index in [1.807, 2.05) is 56.0 Å². The average molecular weight is 660 g/mol. The lowest BCUT2D eigenvalue weighted by Crippen LogP contribution is -2.58. The van der Waals surface area contributed by atoms with Gasteiger partial charge in [-0.15, -0.1) is 0 Å². The van der Waals surface area contributed by atoms with E-state index in [0.29, 0.717) is 13.1 Å². The van der Waals surface area contributed by atoms with Gasteiger partial charge in [0.1, 0.15) is 6.04 Å². The van der Waals surface area contributed by atoms with Crippen molar-refractivity contribution < 1.29 is 28.7 Å². The first-order valence-corrected chi connectivity index (χ1v) is 17.1. The van der Waals surface area contributed by atoms with E-state index in [1.165, 1.54) is 0 Å². The Kier molecular flexibility index (Phi) is 16.8. The molecule has 1 aliphatic rings. The van der Waals surface area contributed by atoms with E-state index in [0.717, 1.165) is 31.2 Å². The van der Waals surface area contributed by atoms with Gasteiger partial charge in [-0.2, -0.15) is 0 Å². The number of likely N-dealkylation sites (tertiary alicyclic amines) is 1. The zero-order valence-electron chi connectivity index (χ0n) is 30.5. The molecule has 2 rings (SSSR count). The van der Waals surface area contributed by atoms with Crippen LogP contribution in [0.4, 0.5) is 0 Å². The van der Waals surface area contributed by atoms with Gasteiger partial charge in [0.25, 0.3) is 0 Å². The Balaban J connectivity index is 2.17. The van der Waals surface area contributed by atoms with E-state index >= 15 is 0 Å². The number of nitrogens with one attached hydrogen (secondary N) is 2. The molecule has 0 aliphatic carbocycles. The number of ether oxygens (including phenoxy) is 2. The van der Waals surface area contributed by atoms with Gasteiger partial charge >= 0.3 is 0 Å². The molecule has 1 aromatic rings. The normalized spacial score (nSPS) is 18.7. The van der Waals surface area contributed by atoms with Crippen LogP contribution in [0.5, 0.6) is 0 Å². The second-order valence-electron chi connectivity index (χ2n) is 13.6. The van der Waals surface area contributed by atoms with Crippen LogP contribution in [0.2, 0.25) is 0 Å². The third-order valence-corrected chi connectivity index (χ3v) is 9.52. The summed E-state index contributed by atoms with van der Waals surface area (Å²) in [4.78, 5) is 58.9. The van der Waals surface area contributed by atoms with Crippen molar-refractivity contribution in [1.82, 2.24) is 25.3 Å². The average Bonchev–Trinajstić information content (AvgIpc) is 3.52. The molecule has 0 aromatic heterocycles. The number of carbonyl (C=O) groups is 4. The Hall–Kier alpha value is -3.02. The second-order valence-corrected chi connectivity index (χ2v) is 13.6. The Morgan fingerprint density at radius 1 is 1.00 bits per heavy atom. The van der Waals surface area contributed by atoms with Crippen molar-refractivity contribution in [2.24, 2.45) is 17.8 Å². The molecular weight excluding hydrogens is 598 g/mol. The molecule has 7 atom stereocenters. The lowest BCUT2D eigenvalue weighted by atomic mass is 9.89. The van der Waals surface area contributed by atoms with E-state index in [-0.39, 0.29) is 54.5 Å². The van der Waals surface area contributed by atoms with Crippen molar-refractivity contribution >= 4 is 23.6 Å². The van der Waals surface area contributed by atoms with Gasteiger partial charge in [0.2, 0.25) is 23.6 Å². The second kappa shape index (κ2) is 19.7. The van der Waals surface area contributed by atoms with Crippen LogP contribution in [0, 0.1) is 17.8 Å². The van der Waals surface area contributed by atoms with Gasteiger partial charge in [-0.25, -0.2) is 0 Å². The summed E-state index contributed by atoms with van der Waals surface area (Å²) in [6, 6.07) is 8.65. The minimum Gasteiger partial charge on any atom is -0.379 e. The highest BCUT2D eigenvalue weighted by Gasteiger charge is 2.42. The third kappa shape index (κ3) is 11.6. The summed E-state index contributed by atoms with van der Waals surface area (Å²) in [5.74, 6) is -1.20. The molecule has 1 aliphatic heterocycles. The smallest absolute Gasteiger partial charge is 0.245 e. The summed E-state index contributed by atoms with van der Waals surface area (Å²) in [5.41, 5.74) is 1.15. The minimum absolute atomic E-state index is 0.0210. The summed E-state index contributed by atoms with van der Waals surface area (Å²) in [5, 5.41) is 5.95. The zero-order valence-corrected chi connectivity index (χ0v) is 30.5. The Morgan fingerprint density at radius 2 is 1.66 bits per heavy atom. The molecule has 0 bridgehead atoms. The van der Waals surface area contributed by atoms with Crippen LogP contribution >= 0.6 is 0 Å². The van der Waals surface area contributed by atoms with Gasteiger partial charge in [0, 0.05) is 34.4 Å². The van der Waals surface area contributed by atoms with Crippen molar-refractivity contribution in [2.45, 2.75) is 97.1 Å². The van der Waals surface area contributed by atoms with E-state index in [4.69, 9.17) is 9.47 Å². The largest absolute Gasteiger partial charge is 0.379 e. The van der Waals surface area contributed by atoms with Crippen LogP contribution in [-0.2, 0) is 35.1 Å². The standard InChI is InChI=1S/C36H61N5O6/c1-11-25(4)33(40(8)36(45)32(24(2)3)38-30(42)23-39(6)7)29(46-9)22-31(43)41-21-15-18-28(41)34(47-10)26(5)35(44)37-20-19-27-16-13-12-14-17-27/h12-14,16-17,24-26,28-29,32-34H,11,15,18-23H2,1-10H3,(H,37,44)(H,38,42)/t25-,26+,28-,29+,32-,33?,34+/m0/s1. The summed E-state index contributed by atoms with van der Waals surface area (Å²) in [7, 11) is 8.52. The van der Waals surface area contributed by atoms with Crippen LogP contribution in [-0.4, -0.2) is 124 Å². The highest BCUT2D eigenvalue weighted by Crippen LogP contribution is 2.29. The monoisotopic (exact) mass is 659 g/mol. The summed E-state index contributed by atoms with van der Waals surface area (Å²) in [6.45, 7) is 11.0. The summed E-state index contributed by atoms with van der Waals surface area (Å²) in [6.07, 6.45) is 2.09. The van der Waals surface area contributed by atoms with Gasteiger partial charge in [0.15, 0.2) is 0 Å². The van der Waals surface area contributed by atoms with Crippen LogP contribution in [0.1, 0.15) is 65.9 Å². The predicted molar refractivity (Wildman–Crippen MR) is 185 cm³/mol. The first-order valence-electron chi connectivity index (χ1n) is 17.1. The van der Waals surface area contributed by atoms with Crippen LogP contribution in [0.25, 0.3) is 0 Å². The maximum Gasteiger partial charge on any atom is 0.245 e. The van der Waals surface area contributed by atoms with Crippen LogP contribution in [0.15, 0.2) is 30.3 Å². The fraction of sp³-hybridized carbons (Fsp3) is 0.722. The molecule has 4 amide bonds. The van der Waals surface area contributed by atoms with Crippen molar-refractivity contribution in [1.29, 1.82) is 0 Å². The van der Waals surface area contributed by atoms with Crippen molar-refractivity contribution in [3.63, 3.8) is 0 Å². The molecule has 1 saturated heterocycles. The zero-order chi connectivity index (χ0) is 35.3. The molecule has 1 unspecified atom stereocenters. The number of likely N-dealkylation sites (N-methyl/N-ethyl adjacent to an activating group) is 2. The number of amides is 4. The van der Waals surface area contributed by atoms with Gasteiger partial charge in [-0.3, -0.25) is 19.2 Å². The van der Waals surface area contributed by atoms with E-state index in [2.05, 4.69) is 24.5 Å². The summed E-state index contributed by atoms with van der Waals surface area (Å²) < 4.78 is 11.9. The van der Waals surface area contributed by atoms with Crippen LogP contribution in [0.3, 0.4) is 0 Å². The van der Waals surface area contributed by atoms with Crippen molar-refractivity contribution in [3.05, 3.63) is 35.9 Å². The summed E-state index contributed by atoms with van der Waals surface area (Å²) >= 11 is 0. The highest BCUT2D eigenvalue weighted by atomic mass is 16.5. The molecule has 0 radical (unpaired) electrons. The SMILES string of the molecule is CC[C@H](C)C([C@@H](CC(=O)N1CCC[C@H]1[C@H](OC)[C@@H](C)C(=O)NCCc1ccccc1)OC)N(C)C(=O)[C@@H](NC(=O)CN(C)C)C(C)C. The maximum atomic E-state index is 14.0. The molecule has 0 saturated carbocycles. The molecule has 266 valence electrons. The molecule has 2 N–H and O–H groups in total. The molecule has 11 nitrogen and oxygen atoms in total. The van der Waals surface area contributed by atoms with Gasteiger partial charge in [-0.05, 0) is 50.8 Å². The topological polar surface area (TPSA) is 121 Å². The van der Waals surface area contributed by atoms with Gasteiger partial charge in [-0.1, -0.05) is 71.4 Å². The Morgan fingerprint density at radius 3 is 2.21 bits per heavy atom. The van der Waals surface area contributed by atoms with E-state index < -0.39 is 30.2 Å². The Labute approximate surface area is 283 Å². The van der Waals surface area contributed by atoms with Crippen molar-refractivity contribution in [2.75, 3.05) is 55.0 Å². The number of hydrogen-bond donors (Lipinski definition) is 2. The highest BCUT2D eigenvalue weighted by molar-refractivity contribution is 5.88. The number of carbonyl (C=O) groups excluding carboxylic acids is 4. The first-order chi connectivity index (χ1) is 22.3. The predicted octanol–water partition coefficient (Wildman–Crippen LogP) is 2.97. The van der Waals surface area contributed by atoms with E-state index in [1.54, 1.807) is 45.2 Å². The van der Waals surface area contributed by atoms with Gasteiger partial charge < -0.3 is 34.8 Å². The lowest BCUT2D eigenvalue weighted by molar-refractivity contribution is -0.147.